The minimum atomic E-state index is -0.907. The van der Waals surface area contributed by atoms with E-state index in [1.165, 1.54) is 0 Å². The van der Waals surface area contributed by atoms with Crippen LogP contribution in [0, 0.1) is 5.41 Å². The molecule has 21 heavy (non-hydrogen) atoms. The van der Waals surface area contributed by atoms with Gasteiger partial charge in [0.2, 0.25) is 5.91 Å². The maximum absolute atomic E-state index is 12.4. The molecule has 2 aliphatic rings. The summed E-state index contributed by atoms with van der Waals surface area (Å²) in [6.07, 6.45) is 8.66. The predicted molar refractivity (Wildman–Crippen MR) is 78.8 cm³/mol. The number of hydrogen-bond donors (Lipinski definition) is 3. The summed E-state index contributed by atoms with van der Waals surface area (Å²) < 4.78 is 0. The second-order valence-electron chi connectivity index (χ2n) is 6.87. The van der Waals surface area contributed by atoms with Crippen molar-refractivity contribution < 1.29 is 19.8 Å². The van der Waals surface area contributed by atoms with Crippen molar-refractivity contribution in [2.45, 2.75) is 76.2 Å². The van der Waals surface area contributed by atoms with Gasteiger partial charge in [0.05, 0.1) is 17.6 Å². The molecular weight excluding hydrogens is 270 g/mol. The molecule has 0 unspecified atom stereocenters. The van der Waals surface area contributed by atoms with Gasteiger partial charge in [0, 0.05) is 6.42 Å². The molecule has 2 aliphatic carbocycles. The quantitative estimate of drug-likeness (QED) is 0.679. The highest BCUT2D eigenvalue weighted by Crippen LogP contribution is 2.39. The number of nitrogens with one attached hydrogen (secondary N) is 1. The third kappa shape index (κ3) is 3.76. The Morgan fingerprint density at radius 2 is 1.43 bits per heavy atom. The van der Waals surface area contributed by atoms with Crippen LogP contribution < -0.4 is 5.32 Å². The van der Waals surface area contributed by atoms with E-state index in [0.717, 1.165) is 51.4 Å². The molecule has 0 aliphatic heterocycles. The van der Waals surface area contributed by atoms with Gasteiger partial charge in [-0.2, -0.15) is 0 Å². The second-order valence-corrected chi connectivity index (χ2v) is 6.87. The maximum Gasteiger partial charge on any atom is 0.310 e. The SMILES string of the molecule is O=C(CC1(C(=O)O)CCCCCC1)NC1(CO)CCCC1. The Morgan fingerprint density at radius 3 is 1.90 bits per heavy atom. The fraction of sp³-hybridized carbons (Fsp3) is 0.875. The van der Waals surface area contributed by atoms with E-state index in [1.807, 2.05) is 0 Å². The summed E-state index contributed by atoms with van der Waals surface area (Å²) in [4.78, 5) is 24.1. The van der Waals surface area contributed by atoms with Crippen molar-refractivity contribution in [1.29, 1.82) is 0 Å². The van der Waals surface area contributed by atoms with Crippen molar-refractivity contribution >= 4 is 11.9 Å². The number of carbonyl (C=O) groups excluding carboxylic acids is 1. The van der Waals surface area contributed by atoms with Crippen LogP contribution >= 0.6 is 0 Å². The highest BCUT2D eigenvalue weighted by Gasteiger charge is 2.42. The van der Waals surface area contributed by atoms with Crippen LogP contribution in [0.25, 0.3) is 0 Å². The van der Waals surface area contributed by atoms with Gasteiger partial charge in [-0.25, -0.2) is 0 Å². The second kappa shape index (κ2) is 6.77. The Balaban J connectivity index is 2.02. The van der Waals surface area contributed by atoms with Crippen molar-refractivity contribution in [3.8, 4) is 0 Å². The Labute approximate surface area is 126 Å². The predicted octanol–water partition coefficient (Wildman–Crippen LogP) is 2.22. The van der Waals surface area contributed by atoms with Crippen molar-refractivity contribution in [3.63, 3.8) is 0 Å². The first kappa shape index (κ1) is 16.3. The fourth-order valence-corrected chi connectivity index (χ4v) is 3.89. The number of carbonyl (C=O) groups is 2. The van der Waals surface area contributed by atoms with Crippen LogP contribution in [0.2, 0.25) is 0 Å². The smallest absolute Gasteiger partial charge is 0.310 e. The molecule has 2 fully saturated rings. The molecule has 120 valence electrons. The number of hydrogen-bond acceptors (Lipinski definition) is 3. The minimum Gasteiger partial charge on any atom is -0.481 e. The third-order valence-corrected chi connectivity index (χ3v) is 5.28. The number of aliphatic carboxylic acids is 1. The van der Waals surface area contributed by atoms with Crippen molar-refractivity contribution in [3.05, 3.63) is 0 Å². The van der Waals surface area contributed by atoms with E-state index in [4.69, 9.17) is 0 Å². The lowest BCUT2D eigenvalue weighted by molar-refractivity contribution is -0.153. The van der Waals surface area contributed by atoms with E-state index in [2.05, 4.69) is 5.32 Å². The van der Waals surface area contributed by atoms with Gasteiger partial charge in [-0.1, -0.05) is 38.5 Å². The summed E-state index contributed by atoms with van der Waals surface area (Å²) >= 11 is 0. The van der Waals surface area contributed by atoms with E-state index in [-0.39, 0.29) is 18.9 Å². The zero-order valence-corrected chi connectivity index (χ0v) is 12.7. The molecule has 0 aromatic heterocycles. The summed E-state index contributed by atoms with van der Waals surface area (Å²) in [6.45, 7) is -0.0567. The molecule has 0 heterocycles. The van der Waals surface area contributed by atoms with Gasteiger partial charge < -0.3 is 15.5 Å². The highest BCUT2D eigenvalue weighted by atomic mass is 16.4. The molecule has 0 atom stereocenters. The van der Waals surface area contributed by atoms with Crippen LogP contribution in [0.3, 0.4) is 0 Å². The van der Waals surface area contributed by atoms with Gasteiger partial charge in [0.15, 0.2) is 0 Å². The first-order chi connectivity index (χ1) is 10.0. The van der Waals surface area contributed by atoms with E-state index in [1.54, 1.807) is 0 Å². The molecule has 0 aromatic rings. The van der Waals surface area contributed by atoms with Gasteiger partial charge in [-0.05, 0) is 25.7 Å². The number of carboxylic acid groups (broad SMARTS) is 1. The Hall–Kier alpha value is -1.10. The van der Waals surface area contributed by atoms with Gasteiger partial charge in [0.25, 0.3) is 0 Å². The first-order valence-corrected chi connectivity index (χ1v) is 8.17. The summed E-state index contributed by atoms with van der Waals surface area (Å²) in [5.41, 5.74) is -1.42. The number of aliphatic hydroxyl groups excluding tert-OH is 1. The standard InChI is InChI=1S/C16H27NO4/c18-12-16(9-5-6-10-16)17-13(19)11-15(14(20)21)7-3-1-2-4-8-15/h18H,1-12H2,(H,17,19)(H,20,21). The molecule has 1 amide bonds. The molecule has 3 N–H and O–H groups in total. The maximum atomic E-state index is 12.4. The normalized spacial score (nSPS) is 24.2. The Kier molecular flexibility index (Phi) is 5.25. The highest BCUT2D eigenvalue weighted by molar-refractivity contribution is 5.85. The van der Waals surface area contributed by atoms with Gasteiger partial charge in [-0.3, -0.25) is 9.59 Å². The summed E-state index contributed by atoms with van der Waals surface area (Å²) in [7, 11) is 0. The van der Waals surface area contributed by atoms with Crippen LogP contribution in [0.15, 0.2) is 0 Å². The van der Waals surface area contributed by atoms with Crippen LogP contribution in [0.4, 0.5) is 0 Å². The Morgan fingerprint density at radius 1 is 0.905 bits per heavy atom. The van der Waals surface area contributed by atoms with Crippen molar-refractivity contribution in [1.82, 2.24) is 5.32 Å². The van der Waals surface area contributed by atoms with E-state index < -0.39 is 16.9 Å². The number of amides is 1. The largest absolute Gasteiger partial charge is 0.481 e. The fourth-order valence-electron chi connectivity index (χ4n) is 3.89. The average molecular weight is 297 g/mol. The van der Waals surface area contributed by atoms with E-state index in [0.29, 0.717) is 12.8 Å². The number of aliphatic hydroxyl groups is 1. The molecule has 5 heteroatoms. The molecule has 0 spiro atoms. The number of carboxylic acids is 1. The Bertz CT molecular complexity index is 380. The van der Waals surface area contributed by atoms with Crippen LogP contribution in [-0.2, 0) is 9.59 Å². The monoisotopic (exact) mass is 297 g/mol. The molecule has 0 bridgehead atoms. The summed E-state index contributed by atoms with van der Waals surface area (Å²) in [5.74, 6) is -1.06. The number of rotatable bonds is 5. The van der Waals surface area contributed by atoms with Crippen LogP contribution in [0.1, 0.15) is 70.6 Å². The van der Waals surface area contributed by atoms with Crippen LogP contribution in [-0.4, -0.2) is 34.2 Å². The van der Waals surface area contributed by atoms with E-state index in [9.17, 15) is 19.8 Å². The molecule has 0 aromatic carbocycles. The van der Waals surface area contributed by atoms with Crippen molar-refractivity contribution in [2.24, 2.45) is 5.41 Å². The van der Waals surface area contributed by atoms with Gasteiger partial charge in [-0.15, -0.1) is 0 Å². The first-order valence-electron chi connectivity index (χ1n) is 8.17. The third-order valence-electron chi connectivity index (χ3n) is 5.28. The van der Waals surface area contributed by atoms with Crippen LogP contribution in [0.5, 0.6) is 0 Å². The topological polar surface area (TPSA) is 86.6 Å². The molecule has 0 radical (unpaired) electrons. The minimum absolute atomic E-state index is 0.0457. The lowest BCUT2D eigenvalue weighted by Gasteiger charge is -2.32. The van der Waals surface area contributed by atoms with E-state index >= 15 is 0 Å². The zero-order valence-electron chi connectivity index (χ0n) is 12.7. The molecule has 5 nitrogen and oxygen atoms in total. The zero-order chi connectivity index (χ0) is 15.3. The lowest BCUT2D eigenvalue weighted by atomic mass is 9.77. The van der Waals surface area contributed by atoms with Gasteiger partial charge >= 0.3 is 5.97 Å². The molecule has 2 rings (SSSR count). The summed E-state index contributed by atoms with van der Waals surface area (Å²) in [6, 6.07) is 0. The van der Waals surface area contributed by atoms with Gasteiger partial charge in [0.1, 0.15) is 0 Å². The molecular formula is C16H27NO4. The summed E-state index contributed by atoms with van der Waals surface area (Å²) in [5, 5.41) is 22.1. The average Bonchev–Trinajstić information content (AvgIpc) is 2.77. The molecule has 0 saturated heterocycles. The molecule has 2 saturated carbocycles. The van der Waals surface area contributed by atoms with Crippen molar-refractivity contribution in [2.75, 3.05) is 6.61 Å². The lowest BCUT2D eigenvalue weighted by Crippen LogP contribution is -2.51.